The maximum absolute atomic E-state index is 13.1. The number of rotatable bonds is 5. The van der Waals surface area contributed by atoms with Crippen LogP contribution < -0.4 is 20.8 Å². The molecule has 8 heteroatoms. The largest absolute Gasteiger partial charge is 0.508 e. The first-order chi connectivity index (χ1) is 16.4. The molecule has 1 aromatic heterocycles. The van der Waals surface area contributed by atoms with Gasteiger partial charge in [-0.15, -0.1) is 0 Å². The second kappa shape index (κ2) is 9.16. The maximum atomic E-state index is 13.1. The van der Waals surface area contributed by atoms with Gasteiger partial charge in [-0.2, -0.15) is 5.26 Å². The van der Waals surface area contributed by atoms with Gasteiger partial charge in [0.25, 0.3) is 0 Å². The van der Waals surface area contributed by atoms with Crippen molar-refractivity contribution >= 4 is 22.8 Å². The second-order valence-electron chi connectivity index (χ2n) is 7.65. The molecule has 2 heterocycles. The van der Waals surface area contributed by atoms with Gasteiger partial charge in [-0.3, -0.25) is 4.99 Å². The van der Waals surface area contributed by atoms with Gasteiger partial charge in [0, 0.05) is 18.8 Å². The number of phenols is 1. The highest BCUT2D eigenvalue weighted by Gasteiger charge is 2.36. The topological polar surface area (TPSA) is 131 Å². The molecule has 3 aromatic rings. The van der Waals surface area contributed by atoms with Crippen LogP contribution in [-0.4, -0.2) is 25.5 Å². The van der Waals surface area contributed by atoms with Crippen LogP contribution in [-0.2, 0) is 0 Å². The molecule has 1 unspecified atom stereocenters. The van der Waals surface area contributed by atoms with Gasteiger partial charge in [-0.25, -0.2) is 4.79 Å². The molecule has 0 radical (unpaired) electrons. The van der Waals surface area contributed by atoms with E-state index in [0.29, 0.717) is 16.7 Å². The third kappa shape index (κ3) is 3.77. The van der Waals surface area contributed by atoms with Crippen LogP contribution in [0.5, 0.6) is 17.2 Å². The van der Waals surface area contributed by atoms with Gasteiger partial charge < -0.3 is 24.7 Å². The minimum atomic E-state index is -0.845. The number of allylic oxidation sites excluding steroid dienone is 3. The molecule has 0 fully saturated rings. The van der Waals surface area contributed by atoms with Gasteiger partial charge in [0.15, 0.2) is 5.75 Å². The number of nitrogens with zero attached hydrogens (tertiary/aromatic N) is 2. The van der Waals surface area contributed by atoms with Gasteiger partial charge in [0.1, 0.15) is 28.7 Å². The number of benzene rings is 2. The Hall–Kier alpha value is -4.51. The lowest BCUT2D eigenvalue weighted by atomic mass is 9.82. The third-order valence-corrected chi connectivity index (χ3v) is 5.61. The van der Waals surface area contributed by atoms with Crippen molar-refractivity contribution < 1.29 is 19.0 Å². The number of nitrogens with two attached hydrogens (primary N) is 1. The Kier molecular flexibility index (Phi) is 6.11. The standard InChI is InChI=1S/C26H23N3O5/c1-4-5-15(13-29-2)17-10-14(6-8-20(17)32-3)22-19(12-27)25(28)34-24-18-11-16(30)7-9-21(18)33-26(31)23(22)24/h5-11,13,22,30H,4,28H2,1-3H3/b15-5+,29-13?. The molecule has 0 saturated heterocycles. The number of ether oxygens (including phenoxy) is 2. The van der Waals surface area contributed by atoms with Crippen molar-refractivity contribution in [3.63, 3.8) is 0 Å². The van der Waals surface area contributed by atoms with E-state index < -0.39 is 11.5 Å². The molecule has 1 aliphatic rings. The molecule has 3 N–H and O–H groups in total. The second-order valence-corrected chi connectivity index (χ2v) is 7.65. The molecule has 1 atom stereocenters. The summed E-state index contributed by atoms with van der Waals surface area (Å²) in [5.41, 5.74) is 8.14. The number of phenolic OH excluding ortho intramolecular Hbond substituents is 1. The molecule has 2 aromatic carbocycles. The van der Waals surface area contributed by atoms with Crippen LogP contribution in [0.1, 0.15) is 36.0 Å². The van der Waals surface area contributed by atoms with Crippen LogP contribution in [0.4, 0.5) is 0 Å². The SMILES string of the molecule is CC/C=C(\C=NC)c1cc(C2C(C#N)=C(N)Oc3c2c(=O)oc2ccc(O)cc32)ccc1OC. The maximum Gasteiger partial charge on any atom is 0.344 e. The van der Waals surface area contributed by atoms with E-state index in [9.17, 15) is 15.2 Å². The van der Waals surface area contributed by atoms with Crippen molar-refractivity contribution in [3.05, 3.63) is 81.0 Å². The lowest BCUT2D eigenvalue weighted by Crippen LogP contribution is -2.26. The molecule has 0 bridgehead atoms. The quantitative estimate of drug-likeness (QED) is 0.433. The number of hydrogen-bond donors (Lipinski definition) is 2. The Morgan fingerprint density at radius 2 is 2.12 bits per heavy atom. The minimum Gasteiger partial charge on any atom is -0.508 e. The van der Waals surface area contributed by atoms with Crippen molar-refractivity contribution in [2.75, 3.05) is 14.2 Å². The van der Waals surface area contributed by atoms with Crippen molar-refractivity contribution in [2.45, 2.75) is 19.3 Å². The normalized spacial score (nSPS) is 15.8. The summed E-state index contributed by atoms with van der Waals surface area (Å²) in [5, 5.41) is 20.3. The fourth-order valence-electron chi connectivity index (χ4n) is 4.16. The first-order valence-electron chi connectivity index (χ1n) is 10.6. The molecular weight excluding hydrogens is 434 g/mol. The fourth-order valence-corrected chi connectivity index (χ4v) is 4.16. The van der Waals surface area contributed by atoms with E-state index in [0.717, 1.165) is 17.6 Å². The molecule has 0 saturated carbocycles. The van der Waals surface area contributed by atoms with E-state index in [4.69, 9.17) is 19.6 Å². The monoisotopic (exact) mass is 457 g/mol. The Morgan fingerprint density at radius 3 is 2.79 bits per heavy atom. The van der Waals surface area contributed by atoms with Crippen LogP contribution in [0, 0.1) is 11.3 Å². The van der Waals surface area contributed by atoms with E-state index >= 15 is 0 Å². The molecular formula is C26H23N3O5. The number of nitriles is 1. The third-order valence-electron chi connectivity index (χ3n) is 5.61. The van der Waals surface area contributed by atoms with E-state index in [2.05, 4.69) is 11.1 Å². The fraction of sp³-hybridized carbons (Fsp3) is 0.192. The smallest absolute Gasteiger partial charge is 0.344 e. The Bertz CT molecular complexity index is 1470. The highest BCUT2D eigenvalue weighted by atomic mass is 16.5. The molecule has 34 heavy (non-hydrogen) atoms. The molecule has 0 amide bonds. The van der Waals surface area contributed by atoms with Crippen LogP contribution in [0.3, 0.4) is 0 Å². The predicted octanol–water partition coefficient (Wildman–Crippen LogP) is 4.22. The van der Waals surface area contributed by atoms with E-state index in [1.807, 2.05) is 19.1 Å². The average molecular weight is 457 g/mol. The van der Waals surface area contributed by atoms with E-state index in [1.165, 1.54) is 18.2 Å². The number of aliphatic imine (C=N–C) groups is 1. The first kappa shape index (κ1) is 22.7. The summed E-state index contributed by atoms with van der Waals surface area (Å²) in [6.45, 7) is 2.01. The molecule has 172 valence electrons. The summed E-state index contributed by atoms with van der Waals surface area (Å²) in [4.78, 5) is 17.3. The van der Waals surface area contributed by atoms with Gasteiger partial charge in [0.2, 0.25) is 5.88 Å². The summed E-state index contributed by atoms with van der Waals surface area (Å²) in [5.74, 6) is -0.228. The molecule has 1 aliphatic heterocycles. The summed E-state index contributed by atoms with van der Waals surface area (Å²) >= 11 is 0. The van der Waals surface area contributed by atoms with Crippen LogP contribution in [0.15, 0.2) is 68.1 Å². The first-order valence-corrected chi connectivity index (χ1v) is 10.6. The summed E-state index contributed by atoms with van der Waals surface area (Å²) in [6, 6.07) is 11.8. The predicted molar refractivity (Wildman–Crippen MR) is 129 cm³/mol. The van der Waals surface area contributed by atoms with Crippen molar-refractivity contribution in [2.24, 2.45) is 10.7 Å². The molecule has 8 nitrogen and oxygen atoms in total. The zero-order valence-corrected chi connectivity index (χ0v) is 19.0. The molecule has 0 spiro atoms. The zero-order chi connectivity index (χ0) is 24.4. The minimum absolute atomic E-state index is 0.0303. The van der Waals surface area contributed by atoms with Crippen LogP contribution >= 0.6 is 0 Å². The Morgan fingerprint density at radius 1 is 1.32 bits per heavy atom. The Labute approximate surface area is 195 Å². The van der Waals surface area contributed by atoms with Crippen molar-refractivity contribution in [1.82, 2.24) is 0 Å². The number of methoxy groups -OCH3 is 1. The van der Waals surface area contributed by atoms with Gasteiger partial charge in [0.05, 0.1) is 24.0 Å². The number of aromatic hydroxyl groups is 1. The van der Waals surface area contributed by atoms with Gasteiger partial charge >= 0.3 is 5.63 Å². The average Bonchev–Trinajstić information content (AvgIpc) is 2.83. The number of hydrogen-bond acceptors (Lipinski definition) is 8. The van der Waals surface area contributed by atoms with E-state index in [1.54, 1.807) is 32.5 Å². The van der Waals surface area contributed by atoms with Crippen LogP contribution in [0.2, 0.25) is 0 Å². The van der Waals surface area contributed by atoms with Gasteiger partial charge in [-0.05, 0) is 47.9 Å². The summed E-state index contributed by atoms with van der Waals surface area (Å²) in [7, 11) is 3.25. The van der Waals surface area contributed by atoms with Crippen LogP contribution in [0.25, 0.3) is 16.5 Å². The van der Waals surface area contributed by atoms with Crippen molar-refractivity contribution in [1.29, 1.82) is 5.26 Å². The number of fused-ring (bicyclic) bond motifs is 3. The highest BCUT2D eigenvalue weighted by Crippen LogP contribution is 2.45. The zero-order valence-electron chi connectivity index (χ0n) is 19.0. The Balaban J connectivity index is 2.04. The highest BCUT2D eigenvalue weighted by molar-refractivity contribution is 6.10. The molecule has 0 aliphatic carbocycles. The van der Waals surface area contributed by atoms with Gasteiger partial charge in [-0.1, -0.05) is 19.1 Å². The van der Waals surface area contributed by atoms with E-state index in [-0.39, 0.29) is 34.1 Å². The summed E-state index contributed by atoms with van der Waals surface area (Å²) in [6.07, 6.45) is 4.50. The van der Waals surface area contributed by atoms with Crippen molar-refractivity contribution in [3.8, 4) is 23.3 Å². The lowest BCUT2D eigenvalue weighted by molar-refractivity contribution is 0.387. The lowest BCUT2D eigenvalue weighted by Gasteiger charge is -2.26. The molecule has 4 rings (SSSR count). The summed E-state index contributed by atoms with van der Waals surface area (Å²) < 4.78 is 16.8.